The maximum Gasteiger partial charge on any atom is 0.416 e. The lowest BCUT2D eigenvalue weighted by Crippen LogP contribution is -2.37. The van der Waals surface area contributed by atoms with Crippen molar-refractivity contribution in [3.63, 3.8) is 0 Å². The minimum absolute atomic E-state index is 0.0235. The van der Waals surface area contributed by atoms with Crippen molar-refractivity contribution >= 4 is 34.5 Å². The van der Waals surface area contributed by atoms with E-state index in [0.717, 1.165) is 5.75 Å². The van der Waals surface area contributed by atoms with E-state index in [2.05, 4.69) is 25.3 Å². The number of morpholine rings is 1. The van der Waals surface area contributed by atoms with Crippen LogP contribution in [0.25, 0.3) is 11.0 Å². The first-order valence-electron chi connectivity index (χ1n) is 11.2. The number of alkyl halides is 6. The van der Waals surface area contributed by atoms with Crippen molar-refractivity contribution < 1.29 is 35.9 Å². The maximum atomic E-state index is 13.1. The molecule has 0 atom stereocenters. The Bertz CT molecular complexity index is 1240. The molecule has 15 heteroatoms. The van der Waals surface area contributed by atoms with Gasteiger partial charge in [-0.1, -0.05) is 18.7 Å². The first-order chi connectivity index (χ1) is 17.5. The van der Waals surface area contributed by atoms with Gasteiger partial charge >= 0.3 is 12.4 Å². The molecule has 0 unspecified atom stereocenters. The van der Waals surface area contributed by atoms with Crippen LogP contribution in [0.5, 0.6) is 0 Å². The second kappa shape index (κ2) is 10.7. The summed E-state index contributed by atoms with van der Waals surface area (Å²) in [6.45, 7) is 4.30. The Labute approximate surface area is 211 Å². The van der Waals surface area contributed by atoms with Gasteiger partial charge < -0.3 is 15.0 Å². The number of thioether (sulfide) groups is 1. The zero-order valence-corrected chi connectivity index (χ0v) is 20.3. The second-order valence-corrected chi connectivity index (χ2v) is 9.25. The van der Waals surface area contributed by atoms with Gasteiger partial charge in [0.2, 0.25) is 0 Å². The average Bonchev–Trinajstić information content (AvgIpc) is 3.25. The molecule has 37 heavy (non-hydrogen) atoms. The summed E-state index contributed by atoms with van der Waals surface area (Å²) in [6.07, 6.45) is -8.50. The van der Waals surface area contributed by atoms with E-state index in [-0.39, 0.29) is 19.2 Å². The third-order valence-electron chi connectivity index (χ3n) is 5.50. The fourth-order valence-corrected chi connectivity index (χ4v) is 4.32. The Morgan fingerprint density at radius 2 is 1.70 bits per heavy atom. The molecule has 1 fully saturated rings. The number of nitrogens with zero attached hydrogens (tertiary/aromatic N) is 5. The molecule has 1 aliphatic rings. The van der Waals surface area contributed by atoms with E-state index in [4.69, 9.17) is 4.74 Å². The molecular formula is C22H22F6N6O2S. The summed E-state index contributed by atoms with van der Waals surface area (Å²) in [7, 11) is 0. The lowest BCUT2D eigenvalue weighted by atomic mass is 10.0. The maximum absolute atomic E-state index is 13.1. The number of carbonyl (C=O) groups is 1. The number of amides is 1. The van der Waals surface area contributed by atoms with Gasteiger partial charge in [0.15, 0.2) is 10.8 Å². The molecule has 200 valence electrons. The minimum atomic E-state index is -5.05. The number of hydrogen-bond donors (Lipinski definition) is 1. The normalized spacial score (nSPS) is 14.8. The zero-order chi connectivity index (χ0) is 26.8. The molecule has 3 aromatic rings. The Kier molecular flexibility index (Phi) is 7.83. The summed E-state index contributed by atoms with van der Waals surface area (Å²) in [4.78, 5) is 23.7. The van der Waals surface area contributed by atoms with Crippen LogP contribution in [0.3, 0.4) is 0 Å². The van der Waals surface area contributed by atoms with Gasteiger partial charge in [0.1, 0.15) is 5.82 Å². The van der Waals surface area contributed by atoms with Gasteiger partial charge in [-0.05, 0) is 24.0 Å². The quantitative estimate of drug-likeness (QED) is 0.269. The van der Waals surface area contributed by atoms with Crippen LogP contribution >= 0.6 is 11.8 Å². The number of aromatic nitrogens is 4. The average molecular weight is 549 g/mol. The van der Waals surface area contributed by atoms with E-state index in [9.17, 15) is 31.1 Å². The molecule has 0 radical (unpaired) electrons. The molecule has 3 heterocycles. The first kappa shape index (κ1) is 27.0. The summed E-state index contributed by atoms with van der Waals surface area (Å²) in [5.41, 5.74) is -3.36. The molecule has 1 aromatic carbocycles. The topological polar surface area (TPSA) is 85.2 Å². The van der Waals surface area contributed by atoms with Crippen LogP contribution in [0, 0.1) is 0 Å². The first-order valence-corrected chi connectivity index (χ1v) is 12.2. The molecule has 1 saturated heterocycles. The summed E-state index contributed by atoms with van der Waals surface area (Å²) in [5, 5.41) is 7.89. The molecule has 2 aromatic heterocycles. The van der Waals surface area contributed by atoms with Crippen molar-refractivity contribution in [1.29, 1.82) is 0 Å². The Hall–Kier alpha value is -3.07. The number of carbonyl (C=O) groups excluding carboxylic acids is 1. The third kappa shape index (κ3) is 6.26. The third-order valence-corrected chi connectivity index (χ3v) is 6.23. The van der Waals surface area contributed by atoms with Crippen LogP contribution in [-0.2, 0) is 23.6 Å². The summed E-state index contributed by atoms with van der Waals surface area (Å²) < 4.78 is 85.5. The van der Waals surface area contributed by atoms with Crippen molar-refractivity contribution in [2.24, 2.45) is 0 Å². The Balaban J connectivity index is 1.54. The molecule has 4 rings (SSSR count). The van der Waals surface area contributed by atoms with Crippen LogP contribution < -0.4 is 10.2 Å². The van der Waals surface area contributed by atoms with E-state index in [1.165, 1.54) is 16.4 Å². The molecule has 8 nitrogen and oxygen atoms in total. The van der Waals surface area contributed by atoms with Gasteiger partial charge in [-0.2, -0.15) is 31.4 Å². The molecule has 0 spiro atoms. The highest BCUT2D eigenvalue weighted by molar-refractivity contribution is 7.99. The van der Waals surface area contributed by atoms with Crippen LogP contribution in [0.15, 0.2) is 29.6 Å². The number of hydrogen-bond acceptors (Lipinski definition) is 7. The summed E-state index contributed by atoms with van der Waals surface area (Å²) >= 11 is 1.44. The van der Waals surface area contributed by atoms with E-state index in [1.807, 2.05) is 6.92 Å². The SMILES string of the molecule is CCSc1nc(N2CCOCC2)c2cnn(CCNC(=O)c3cc(C(F)(F)F)cc(C(F)(F)F)c3)c2n1. The lowest BCUT2D eigenvalue weighted by molar-refractivity contribution is -0.143. The molecule has 1 aliphatic heterocycles. The predicted molar refractivity (Wildman–Crippen MR) is 124 cm³/mol. The Morgan fingerprint density at radius 3 is 2.30 bits per heavy atom. The lowest BCUT2D eigenvalue weighted by Gasteiger charge is -2.28. The van der Waals surface area contributed by atoms with Crippen molar-refractivity contribution in [2.45, 2.75) is 31.0 Å². The van der Waals surface area contributed by atoms with E-state index in [0.29, 0.717) is 60.4 Å². The van der Waals surface area contributed by atoms with Crippen molar-refractivity contribution in [3.05, 3.63) is 41.1 Å². The van der Waals surface area contributed by atoms with Crippen molar-refractivity contribution in [2.75, 3.05) is 43.5 Å². The smallest absolute Gasteiger partial charge is 0.378 e. The van der Waals surface area contributed by atoms with Gasteiger partial charge in [0, 0.05) is 25.2 Å². The zero-order valence-electron chi connectivity index (χ0n) is 19.5. The van der Waals surface area contributed by atoms with Crippen LogP contribution in [0.2, 0.25) is 0 Å². The number of rotatable bonds is 7. The van der Waals surface area contributed by atoms with E-state index >= 15 is 0 Å². The van der Waals surface area contributed by atoms with Crippen LogP contribution in [0.4, 0.5) is 32.2 Å². The predicted octanol–water partition coefficient (Wildman–Crippen LogP) is 4.24. The van der Waals surface area contributed by atoms with Crippen molar-refractivity contribution in [1.82, 2.24) is 25.1 Å². The minimum Gasteiger partial charge on any atom is -0.378 e. The highest BCUT2D eigenvalue weighted by Gasteiger charge is 2.37. The standard InChI is InChI=1S/C22H22F6N6O2S/c1-2-37-20-31-17(33-5-7-36-8-6-33)16-12-30-34(18(16)32-20)4-3-29-19(35)13-9-14(21(23,24)25)11-15(10-13)22(26,27)28/h9-12H,2-8H2,1H3,(H,29,35). The molecule has 1 amide bonds. The number of fused-ring (bicyclic) bond motifs is 1. The van der Waals surface area contributed by atoms with Gasteiger partial charge in [-0.25, -0.2) is 14.6 Å². The van der Waals surface area contributed by atoms with Gasteiger partial charge in [0.25, 0.3) is 5.91 Å². The molecule has 0 saturated carbocycles. The van der Waals surface area contributed by atoms with Crippen LogP contribution in [-0.4, -0.2) is 64.3 Å². The van der Waals surface area contributed by atoms with Crippen LogP contribution in [0.1, 0.15) is 28.4 Å². The monoisotopic (exact) mass is 548 g/mol. The molecule has 0 aliphatic carbocycles. The fourth-order valence-electron chi connectivity index (χ4n) is 3.76. The molecule has 1 N–H and O–H groups in total. The summed E-state index contributed by atoms with van der Waals surface area (Å²) in [6, 6.07) is 0.762. The largest absolute Gasteiger partial charge is 0.416 e. The van der Waals surface area contributed by atoms with E-state index < -0.39 is 35.0 Å². The number of halogens is 6. The number of benzene rings is 1. The number of anilines is 1. The summed E-state index contributed by atoms with van der Waals surface area (Å²) in [5.74, 6) is 0.358. The fraction of sp³-hybridized carbons (Fsp3) is 0.455. The van der Waals surface area contributed by atoms with Gasteiger partial charge in [-0.3, -0.25) is 4.79 Å². The van der Waals surface area contributed by atoms with Gasteiger partial charge in [-0.15, -0.1) is 0 Å². The second-order valence-electron chi connectivity index (χ2n) is 8.02. The van der Waals surface area contributed by atoms with Gasteiger partial charge in [0.05, 0.1) is 42.5 Å². The Morgan fingerprint density at radius 1 is 1.05 bits per heavy atom. The highest BCUT2D eigenvalue weighted by atomic mass is 32.2. The highest BCUT2D eigenvalue weighted by Crippen LogP contribution is 2.36. The molecule has 0 bridgehead atoms. The molecular weight excluding hydrogens is 526 g/mol. The van der Waals surface area contributed by atoms with Crippen molar-refractivity contribution in [3.8, 4) is 0 Å². The number of ether oxygens (including phenoxy) is 1. The number of nitrogens with one attached hydrogen (secondary N) is 1. The van der Waals surface area contributed by atoms with E-state index in [1.54, 1.807) is 6.20 Å².